The van der Waals surface area contributed by atoms with Crippen LogP contribution in [0.2, 0.25) is 0 Å². The van der Waals surface area contributed by atoms with Gasteiger partial charge in [-0.2, -0.15) is 4.57 Å². The van der Waals surface area contributed by atoms with Crippen LogP contribution < -0.4 is 4.57 Å². The summed E-state index contributed by atoms with van der Waals surface area (Å²) in [4.78, 5) is 0. The first kappa shape index (κ1) is 26.1. The zero-order valence-corrected chi connectivity index (χ0v) is 22.0. The summed E-state index contributed by atoms with van der Waals surface area (Å²) >= 11 is 0. The minimum absolute atomic E-state index is 0.878. The van der Waals surface area contributed by atoms with Crippen LogP contribution >= 0.6 is 0 Å². The molecular formula is C34H28BF4N. The second-order valence-corrected chi connectivity index (χ2v) is 10.3. The molecule has 0 atom stereocenters. The van der Waals surface area contributed by atoms with Crippen LogP contribution in [0, 0.1) is 0 Å². The summed E-state index contributed by atoms with van der Waals surface area (Å²) in [6.07, 6.45) is 4.37. The predicted molar refractivity (Wildman–Crippen MR) is 153 cm³/mol. The maximum absolute atomic E-state index is 9.75. The van der Waals surface area contributed by atoms with Crippen molar-refractivity contribution in [1.82, 2.24) is 0 Å². The van der Waals surface area contributed by atoms with E-state index in [-0.39, 0.29) is 0 Å². The smallest absolute Gasteiger partial charge is 0.418 e. The van der Waals surface area contributed by atoms with Gasteiger partial charge in [-0.1, -0.05) is 97.1 Å². The quantitative estimate of drug-likeness (QED) is 0.123. The molecule has 40 heavy (non-hydrogen) atoms. The fourth-order valence-corrected chi connectivity index (χ4v) is 6.29. The average molecular weight is 537 g/mol. The van der Waals surface area contributed by atoms with E-state index in [4.69, 9.17) is 0 Å². The molecule has 1 aromatic heterocycles. The molecule has 7 rings (SSSR count). The summed E-state index contributed by atoms with van der Waals surface area (Å²) in [7, 11) is -6.00. The number of halogens is 4. The number of aryl methyl sites for hydroxylation is 2. The minimum Gasteiger partial charge on any atom is -0.418 e. The molecule has 0 amide bonds. The van der Waals surface area contributed by atoms with Crippen LogP contribution in [0.25, 0.3) is 33.6 Å². The largest absolute Gasteiger partial charge is 0.673 e. The SMILES string of the molecule is F[B-](F)(F)F.c1ccc(C[n+]2c3c(c(-c4ccccc4)c4c2-c2ccccc2CC4)CCc2ccccc2-3)cc1. The molecule has 1 heterocycles. The Balaban J connectivity index is 0.000000534. The normalized spacial score (nSPS) is 13.2. The Kier molecular flexibility index (Phi) is 7.01. The number of aromatic nitrogens is 1. The lowest BCUT2D eigenvalue weighted by Gasteiger charge is -2.28. The molecule has 0 saturated carbocycles. The Hall–Kier alpha value is -4.19. The Morgan fingerprint density at radius 3 is 1.45 bits per heavy atom. The average Bonchev–Trinajstić information content (AvgIpc) is 2.96. The third-order valence-electron chi connectivity index (χ3n) is 7.79. The second kappa shape index (κ2) is 10.8. The first-order chi connectivity index (χ1) is 19.4. The topological polar surface area (TPSA) is 3.88 Å². The molecule has 200 valence electrons. The maximum atomic E-state index is 9.75. The van der Waals surface area contributed by atoms with E-state index >= 15 is 0 Å². The van der Waals surface area contributed by atoms with Gasteiger partial charge in [0.2, 0.25) is 11.4 Å². The Labute approximate surface area is 231 Å². The second-order valence-electron chi connectivity index (χ2n) is 10.3. The van der Waals surface area contributed by atoms with Gasteiger partial charge < -0.3 is 17.3 Å². The van der Waals surface area contributed by atoms with Crippen molar-refractivity contribution in [2.75, 3.05) is 0 Å². The summed E-state index contributed by atoms with van der Waals surface area (Å²) in [5.41, 5.74) is 15.7. The van der Waals surface area contributed by atoms with Crippen LogP contribution in [0.5, 0.6) is 0 Å². The van der Waals surface area contributed by atoms with Gasteiger partial charge in [-0.05, 0) is 54.5 Å². The molecule has 0 radical (unpaired) electrons. The van der Waals surface area contributed by atoms with Gasteiger partial charge in [0.1, 0.15) is 0 Å². The van der Waals surface area contributed by atoms with Crippen molar-refractivity contribution in [1.29, 1.82) is 0 Å². The number of fused-ring (bicyclic) bond motifs is 6. The third kappa shape index (κ3) is 5.18. The molecule has 2 aliphatic carbocycles. The highest BCUT2D eigenvalue weighted by Gasteiger charge is 2.37. The fourth-order valence-electron chi connectivity index (χ4n) is 6.29. The number of rotatable bonds is 3. The van der Waals surface area contributed by atoms with Crippen molar-refractivity contribution in [2.24, 2.45) is 0 Å². The van der Waals surface area contributed by atoms with Gasteiger partial charge in [-0.25, -0.2) is 0 Å². The number of pyridine rings is 1. The molecule has 0 unspecified atom stereocenters. The lowest BCUT2D eigenvalue weighted by Crippen LogP contribution is -2.44. The minimum atomic E-state index is -6.00. The van der Waals surface area contributed by atoms with Crippen molar-refractivity contribution in [3.8, 4) is 33.6 Å². The van der Waals surface area contributed by atoms with Crippen LogP contribution in [-0.4, -0.2) is 7.25 Å². The highest BCUT2D eigenvalue weighted by molar-refractivity contribution is 6.50. The van der Waals surface area contributed by atoms with Crippen LogP contribution in [0.3, 0.4) is 0 Å². The van der Waals surface area contributed by atoms with Gasteiger partial charge in [-0.15, -0.1) is 0 Å². The van der Waals surface area contributed by atoms with E-state index in [9.17, 15) is 17.3 Å². The zero-order valence-electron chi connectivity index (χ0n) is 22.0. The van der Waals surface area contributed by atoms with Crippen molar-refractivity contribution in [3.63, 3.8) is 0 Å². The Bertz CT molecular complexity index is 1580. The first-order valence-electron chi connectivity index (χ1n) is 13.6. The van der Waals surface area contributed by atoms with Crippen LogP contribution in [0.4, 0.5) is 17.3 Å². The summed E-state index contributed by atoms with van der Waals surface area (Å²) in [5.74, 6) is 0. The summed E-state index contributed by atoms with van der Waals surface area (Å²) in [6.45, 7) is 0.878. The van der Waals surface area contributed by atoms with Gasteiger partial charge in [0, 0.05) is 33.4 Å². The van der Waals surface area contributed by atoms with E-state index < -0.39 is 7.25 Å². The van der Waals surface area contributed by atoms with Crippen molar-refractivity contribution >= 4 is 7.25 Å². The molecule has 0 spiro atoms. The van der Waals surface area contributed by atoms with Crippen molar-refractivity contribution in [3.05, 3.63) is 137 Å². The number of benzene rings is 4. The van der Waals surface area contributed by atoms with Crippen molar-refractivity contribution in [2.45, 2.75) is 32.2 Å². The zero-order chi connectivity index (χ0) is 27.7. The monoisotopic (exact) mass is 537 g/mol. The van der Waals surface area contributed by atoms with Crippen molar-refractivity contribution < 1.29 is 21.8 Å². The van der Waals surface area contributed by atoms with E-state index in [1.54, 1.807) is 0 Å². The summed E-state index contributed by atoms with van der Waals surface area (Å²) < 4.78 is 41.7. The molecular weight excluding hydrogens is 509 g/mol. The molecule has 0 fully saturated rings. The van der Waals surface area contributed by atoms with Gasteiger partial charge in [-0.3, -0.25) is 0 Å². The van der Waals surface area contributed by atoms with Gasteiger partial charge in [0.15, 0.2) is 6.54 Å². The summed E-state index contributed by atoms with van der Waals surface area (Å²) in [5, 5.41) is 0. The lowest BCUT2D eigenvalue weighted by molar-refractivity contribution is -0.667. The Morgan fingerprint density at radius 1 is 0.525 bits per heavy atom. The molecule has 0 bridgehead atoms. The van der Waals surface area contributed by atoms with E-state index in [2.05, 4.69) is 114 Å². The van der Waals surface area contributed by atoms with Crippen LogP contribution in [0.1, 0.15) is 27.8 Å². The first-order valence-corrected chi connectivity index (χ1v) is 13.6. The molecule has 1 nitrogen and oxygen atoms in total. The standard InChI is InChI=1S/C34H28N.BF4/c1-3-11-24(12-4-1)23-35-33-28-17-9-7-13-25(28)19-21-30(33)32(27-15-5-2-6-16-27)31-22-20-26-14-8-10-18-29(26)34(31)35;2-1(3,4)5/h1-18H,19-23H2;/q+1;-1. The highest BCUT2D eigenvalue weighted by Crippen LogP contribution is 2.44. The molecule has 2 aliphatic rings. The van der Waals surface area contributed by atoms with Crippen LogP contribution in [-0.2, 0) is 32.2 Å². The van der Waals surface area contributed by atoms with Gasteiger partial charge in [0.25, 0.3) is 0 Å². The molecule has 5 aromatic rings. The van der Waals surface area contributed by atoms with E-state index in [0.29, 0.717) is 0 Å². The fraction of sp³-hybridized carbons (Fsp3) is 0.147. The lowest BCUT2D eigenvalue weighted by atomic mass is 9.77. The number of nitrogens with zero attached hydrogens (tertiary/aromatic N) is 1. The number of hydrogen-bond acceptors (Lipinski definition) is 0. The highest BCUT2D eigenvalue weighted by atomic mass is 19.5. The molecule has 0 aliphatic heterocycles. The third-order valence-corrected chi connectivity index (χ3v) is 7.79. The van der Waals surface area contributed by atoms with Gasteiger partial charge >= 0.3 is 7.25 Å². The molecule has 0 N–H and O–H groups in total. The van der Waals surface area contributed by atoms with Crippen LogP contribution in [0.15, 0.2) is 109 Å². The predicted octanol–water partition coefficient (Wildman–Crippen LogP) is 8.52. The van der Waals surface area contributed by atoms with E-state index in [1.165, 1.54) is 61.5 Å². The summed E-state index contributed by atoms with van der Waals surface area (Å²) in [6, 6.07) is 40.2. The van der Waals surface area contributed by atoms with E-state index in [1.807, 2.05) is 0 Å². The molecule has 4 aromatic carbocycles. The number of hydrogen-bond donors (Lipinski definition) is 0. The Morgan fingerprint density at radius 2 is 0.950 bits per heavy atom. The molecule has 6 heteroatoms. The maximum Gasteiger partial charge on any atom is 0.673 e. The molecule has 0 saturated heterocycles. The van der Waals surface area contributed by atoms with E-state index in [0.717, 1.165) is 32.2 Å². The van der Waals surface area contributed by atoms with Gasteiger partial charge in [0.05, 0.1) is 0 Å².